The fourth-order valence-electron chi connectivity index (χ4n) is 2.65. The van der Waals surface area contributed by atoms with Crippen LogP contribution in [0, 0.1) is 0 Å². The fraction of sp³-hybridized carbons (Fsp3) is 0.632. The molecular weight excluding hydrogens is 334 g/mol. The molecule has 0 spiro atoms. The Kier molecular flexibility index (Phi) is 8.62. The standard InChI is InChI=1S/C19H33NO4Si/c1-16(23)20-19(14-21,15-22)11-10-17-6-8-18(9-7-17)24-12-5-13-25(2,3)4/h6-9,21-22H,5,10-15H2,1-4H3,(H,20,23). The Hall–Kier alpha value is -1.37. The molecular formula is C19H33NO4Si. The molecule has 1 aromatic carbocycles. The first-order valence-corrected chi connectivity index (χ1v) is 12.6. The van der Waals surface area contributed by atoms with Crippen LogP contribution in [0.4, 0.5) is 0 Å². The van der Waals surface area contributed by atoms with E-state index in [1.807, 2.05) is 24.3 Å². The lowest BCUT2D eigenvalue weighted by Gasteiger charge is -2.30. The van der Waals surface area contributed by atoms with E-state index < -0.39 is 13.6 Å². The summed E-state index contributed by atoms with van der Waals surface area (Å²) in [5, 5.41) is 21.7. The predicted octanol–water partition coefficient (Wildman–Crippen LogP) is 2.59. The summed E-state index contributed by atoms with van der Waals surface area (Å²) in [7, 11) is -1.00. The van der Waals surface area contributed by atoms with Crippen LogP contribution in [0.25, 0.3) is 0 Å². The van der Waals surface area contributed by atoms with Gasteiger partial charge in [0.2, 0.25) is 5.91 Å². The molecule has 0 bridgehead atoms. The molecule has 0 radical (unpaired) electrons. The molecule has 6 heteroatoms. The summed E-state index contributed by atoms with van der Waals surface area (Å²) in [6, 6.07) is 9.13. The summed E-state index contributed by atoms with van der Waals surface area (Å²) in [5.41, 5.74) is 0.101. The van der Waals surface area contributed by atoms with Crippen LogP contribution in [-0.2, 0) is 11.2 Å². The van der Waals surface area contributed by atoms with Crippen molar-refractivity contribution in [2.24, 2.45) is 0 Å². The van der Waals surface area contributed by atoms with Gasteiger partial charge >= 0.3 is 0 Å². The minimum Gasteiger partial charge on any atom is -0.494 e. The zero-order valence-corrected chi connectivity index (χ0v) is 17.0. The van der Waals surface area contributed by atoms with E-state index in [2.05, 4.69) is 25.0 Å². The van der Waals surface area contributed by atoms with Gasteiger partial charge in [-0.1, -0.05) is 37.8 Å². The lowest BCUT2D eigenvalue weighted by Crippen LogP contribution is -2.53. The smallest absolute Gasteiger partial charge is 0.217 e. The van der Waals surface area contributed by atoms with Gasteiger partial charge in [0.1, 0.15) is 5.75 Å². The normalized spacial score (nSPS) is 12.1. The van der Waals surface area contributed by atoms with Crippen LogP contribution in [0.5, 0.6) is 5.75 Å². The van der Waals surface area contributed by atoms with Crippen molar-refractivity contribution in [2.75, 3.05) is 19.8 Å². The number of carbonyl (C=O) groups is 1. The molecule has 0 saturated heterocycles. The van der Waals surface area contributed by atoms with Crippen LogP contribution in [0.3, 0.4) is 0 Å². The van der Waals surface area contributed by atoms with Crippen molar-refractivity contribution in [3.05, 3.63) is 29.8 Å². The Morgan fingerprint density at radius 1 is 1.16 bits per heavy atom. The van der Waals surface area contributed by atoms with Crippen LogP contribution in [-0.4, -0.2) is 49.6 Å². The number of hydrogen-bond donors (Lipinski definition) is 3. The molecule has 3 N–H and O–H groups in total. The molecule has 5 nitrogen and oxygen atoms in total. The van der Waals surface area contributed by atoms with Gasteiger partial charge in [-0.15, -0.1) is 0 Å². The van der Waals surface area contributed by atoms with Crippen molar-refractivity contribution in [3.8, 4) is 5.75 Å². The summed E-state index contributed by atoms with van der Waals surface area (Å²) in [5.74, 6) is 0.599. The Balaban J connectivity index is 2.49. The average Bonchev–Trinajstić information content (AvgIpc) is 2.55. The van der Waals surface area contributed by atoms with E-state index in [1.54, 1.807) is 0 Å². The Bertz CT molecular complexity index is 521. The third-order valence-corrected chi connectivity index (χ3v) is 6.06. The number of aryl methyl sites for hydroxylation is 1. The topological polar surface area (TPSA) is 78.8 Å². The van der Waals surface area contributed by atoms with E-state index in [0.717, 1.165) is 24.3 Å². The van der Waals surface area contributed by atoms with Gasteiger partial charge in [-0.3, -0.25) is 4.79 Å². The SMILES string of the molecule is CC(=O)NC(CO)(CO)CCc1ccc(OCCC[Si](C)(C)C)cc1. The highest BCUT2D eigenvalue weighted by Gasteiger charge is 2.29. The largest absolute Gasteiger partial charge is 0.494 e. The van der Waals surface area contributed by atoms with Crippen molar-refractivity contribution < 1.29 is 19.7 Å². The molecule has 0 fully saturated rings. The predicted molar refractivity (Wildman–Crippen MR) is 104 cm³/mol. The van der Waals surface area contributed by atoms with Gasteiger partial charge in [0.25, 0.3) is 0 Å². The highest BCUT2D eigenvalue weighted by molar-refractivity contribution is 6.76. The monoisotopic (exact) mass is 367 g/mol. The maximum Gasteiger partial charge on any atom is 0.217 e. The Labute approximate surface area is 152 Å². The second-order valence-electron chi connectivity index (χ2n) is 7.93. The minimum absolute atomic E-state index is 0.259. The molecule has 0 aliphatic rings. The van der Waals surface area contributed by atoms with Gasteiger partial charge < -0.3 is 20.3 Å². The molecule has 1 rings (SSSR count). The number of hydrogen-bond acceptors (Lipinski definition) is 4. The molecule has 25 heavy (non-hydrogen) atoms. The van der Waals surface area contributed by atoms with E-state index >= 15 is 0 Å². The van der Waals surface area contributed by atoms with Crippen molar-refractivity contribution >= 4 is 14.0 Å². The maximum absolute atomic E-state index is 11.3. The second-order valence-corrected chi connectivity index (χ2v) is 13.6. The summed E-state index contributed by atoms with van der Waals surface area (Å²) in [4.78, 5) is 11.3. The van der Waals surface area contributed by atoms with Gasteiger partial charge in [0, 0.05) is 15.0 Å². The first-order chi connectivity index (χ1) is 11.7. The Morgan fingerprint density at radius 3 is 2.24 bits per heavy atom. The van der Waals surface area contributed by atoms with Crippen LogP contribution in [0.2, 0.25) is 25.7 Å². The van der Waals surface area contributed by atoms with E-state index in [9.17, 15) is 15.0 Å². The number of amides is 1. The number of aliphatic hydroxyl groups excluding tert-OH is 2. The molecule has 0 aliphatic heterocycles. The minimum atomic E-state index is -1.00. The third-order valence-electron chi connectivity index (χ3n) is 4.20. The van der Waals surface area contributed by atoms with Gasteiger partial charge in [0.15, 0.2) is 0 Å². The van der Waals surface area contributed by atoms with Gasteiger partial charge in [0.05, 0.1) is 25.4 Å². The van der Waals surface area contributed by atoms with E-state index in [4.69, 9.17) is 4.74 Å². The first-order valence-electron chi connectivity index (χ1n) is 8.92. The summed E-state index contributed by atoms with van der Waals surface area (Å²) in [6.45, 7) is 8.63. The highest BCUT2D eigenvalue weighted by atomic mass is 28.3. The zero-order chi connectivity index (χ0) is 18.9. The number of ether oxygens (including phenoxy) is 1. The summed E-state index contributed by atoms with van der Waals surface area (Å²) >= 11 is 0. The number of aliphatic hydroxyl groups is 2. The van der Waals surface area contributed by atoms with Crippen LogP contribution >= 0.6 is 0 Å². The van der Waals surface area contributed by atoms with Crippen molar-refractivity contribution in [2.45, 2.75) is 57.4 Å². The molecule has 0 atom stereocenters. The molecule has 0 heterocycles. The summed E-state index contributed by atoms with van der Waals surface area (Å²) < 4.78 is 5.78. The average molecular weight is 368 g/mol. The van der Waals surface area contributed by atoms with Gasteiger partial charge in [-0.25, -0.2) is 0 Å². The van der Waals surface area contributed by atoms with Crippen LogP contribution in [0.1, 0.15) is 25.3 Å². The number of nitrogens with one attached hydrogen (secondary N) is 1. The molecule has 0 aromatic heterocycles. The van der Waals surface area contributed by atoms with Crippen molar-refractivity contribution in [1.82, 2.24) is 5.32 Å². The van der Waals surface area contributed by atoms with E-state index in [0.29, 0.717) is 12.8 Å². The first kappa shape index (κ1) is 21.7. The molecule has 0 unspecified atom stereocenters. The van der Waals surface area contributed by atoms with Gasteiger partial charge in [-0.05, 0) is 37.0 Å². The zero-order valence-electron chi connectivity index (χ0n) is 16.0. The molecule has 1 amide bonds. The maximum atomic E-state index is 11.3. The summed E-state index contributed by atoms with van der Waals surface area (Å²) in [6.07, 6.45) is 2.21. The van der Waals surface area contributed by atoms with E-state index in [1.165, 1.54) is 13.0 Å². The lowest BCUT2D eigenvalue weighted by molar-refractivity contribution is -0.122. The second kappa shape index (κ2) is 9.94. The number of carbonyl (C=O) groups excluding carboxylic acids is 1. The molecule has 0 aliphatic carbocycles. The quantitative estimate of drug-likeness (QED) is 0.415. The van der Waals surface area contributed by atoms with Gasteiger partial charge in [-0.2, -0.15) is 0 Å². The van der Waals surface area contributed by atoms with Crippen molar-refractivity contribution in [1.29, 1.82) is 0 Å². The molecule has 142 valence electrons. The fourth-order valence-corrected chi connectivity index (χ4v) is 3.86. The number of rotatable bonds is 11. The molecule has 1 aromatic rings. The Morgan fingerprint density at radius 2 is 1.76 bits per heavy atom. The molecule has 0 saturated carbocycles. The van der Waals surface area contributed by atoms with Crippen molar-refractivity contribution in [3.63, 3.8) is 0 Å². The van der Waals surface area contributed by atoms with Crippen LogP contribution in [0.15, 0.2) is 24.3 Å². The van der Waals surface area contributed by atoms with E-state index in [-0.39, 0.29) is 19.1 Å². The highest BCUT2D eigenvalue weighted by Crippen LogP contribution is 2.18. The number of benzene rings is 1. The van der Waals surface area contributed by atoms with Crippen LogP contribution < -0.4 is 10.1 Å². The third kappa shape index (κ3) is 8.51. The lowest BCUT2D eigenvalue weighted by atomic mass is 9.92.